The molecule has 0 fully saturated rings. The molecular weight excluding hydrogens is 494 g/mol. The average molecular weight is 500 g/mol. The van der Waals surface area contributed by atoms with Crippen LogP contribution in [0.25, 0.3) is 11.4 Å². The molecular formula is C10H6Br3Cl3N2. The molecule has 2 aromatic heterocycles. The van der Waals surface area contributed by atoms with Crippen LogP contribution in [0.1, 0.15) is 0 Å². The predicted molar refractivity (Wildman–Crippen MR) is 88.0 cm³/mol. The Labute approximate surface area is 145 Å². The van der Waals surface area contributed by atoms with Gasteiger partial charge in [0.15, 0.2) is 0 Å². The van der Waals surface area contributed by atoms with Gasteiger partial charge in [-0.05, 0) is 47.8 Å². The van der Waals surface area contributed by atoms with Crippen molar-refractivity contribution in [1.82, 2.24) is 9.13 Å². The molecule has 2 nitrogen and oxygen atoms in total. The highest BCUT2D eigenvalue weighted by Gasteiger charge is 2.25. The summed E-state index contributed by atoms with van der Waals surface area (Å²) in [7, 11) is 3.71. The van der Waals surface area contributed by atoms with E-state index >= 15 is 0 Å². The van der Waals surface area contributed by atoms with Crippen molar-refractivity contribution in [3.8, 4) is 11.4 Å². The van der Waals surface area contributed by atoms with E-state index in [4.69, 9.17) is 34.8 Å². The molecule has 0 bridgehead atoms. The number of hydrogen-bond acceptors (Lipinski definition) is 0. The van der Waals surface area contributed by atoms with Gasteiger partial charge in [-0.1, -0.05) is 34.8 Å². The zero-order valence-corrected chi connectivity index (χ0v) is 16.2. The minimum Gasteiger partial charge on any atom is -0.332 e. The summed E-state index contributed by atoms with van der Waals surface area (Å²) in [5, 5.41) is 1.55. The SMILES string of the molecule is Cn1c(Cl)c(Cl)c(Br)c1-c1c(Br)c(Br)c(Cl)n1C. The minimum absolute atomic E-state index is 0.471. The minimum atomic E-state index is 0.471. The number of hydrogen-bond donors (Lipinski definition) is 0. The Balaban J connectivity index is 2.86. The molecule has 2 heterocycles. The number of aromatic nitrogens is 2. The van der Waals surface area contributed by atoms with Crippen molar-refractivity contribution < 1.29 is 0 Å². The molecule has 0 atom stereocenters. The van der Waals surface area contributed by atoms with E-state index < -0.39 is 0 Å². The maximum Gasteiger partial charge on any atom is 0.129 e. The van der Waals surface area contributed by atoms with Crippen LogP contribution in [0.2, 0.25) is 15.3 Å². The highest BCUT2D eigenvalue weighted by molar-refractivity contribution is 9.13. The van der Waals surface area contributed by atoms with E-state index in [0.717, 1.165) is 24.8 Å². The monoisotopic (exact) mass is 496 g/mol. The average Bonchev–Trinajstić information content (AvgIpc) is 2.64. The van der Waals surface area contributed by atoms with Crippen molar-refractivity contribution in [3.05, 3.63) is 28.7 Å². The molecule has 0 aliphatic carbocycles. The third kappa shape index (κ3) is 2.11. The number of halogens is 6. The summed E-state index contributed by atoms with van der Waals surface area (Å²) in [5.41, 5.74) is 1.74. The van der Waals surface area contributed by atoms with Crippen molar-refractivity contribution in [1.29, 1.82) is 0 Å². The van der Waals surface area contributed by atoms with Crippen molar-refractivity contribution >= 4 is 82.6 Å². The zero-order chi connectivity index (χ0) is 13.8. The Hall–Kier alpha value is 0.870. The van der Waals surface area contributed by atoms with E-state index in [-0.39, 0.29) is 0 Å². The van der Waals surface area contributed by atoms with E-state index in [0.29, 0.717) is 15.3 Å². The molecule has 0 N–H and O–H groups in total. The fraction of sp³-hybridized carbons (Fsp3) is 0.200. The molecule has 18 heavy (non-hydrogen) atoms. The van der Waals surface area contributed by atoms with E-state index in [1.54, 1.807) is 4.57 Å². The molecule has 0 radical (unpaired) electrons. The molecule has 0 amide bonds. The third-order valence-corrected chi connectivity index (χ3v) is 7.30. The van der Waals surface area contributed by atoms with Crippen LogP contribution in [0.15, 0.2) is 13.4 Å². The van der Waals surface area contributed by atoms with Gasteiger partial charge in [0.1, 0.15) is 10.3 Å². The molecule has 0 spiro atoms. The van der Waals surface area contributed by atoms with Gasteiger partial charge < -0.3 is 9.13 Å². The van der Waals surface area contributed by atoms with E-state index in [1.165, 1.54) is 0 Å². The zero-order valence-electron chi connectivity index (χ0n) is 9.16. The van der Waals surface area contributed by atoms with Gasteiger partial charge >= 0.3 is 0 Å². The predicted octanol–water partition coefficient (Wildman–Crippen LogP) is 6.28. The summed E-state index contributed by atoms with van der Waals surface area (Å²) in [6.07, 6.45) is 0. The van der Waals surface area contributed by atoms with Gasteiger partial charge in [-0.15, -0.1) is 0 Å². The lowest BCUT2D eigenvalue weighted by molar-refractivity contribution is 0.883. The van der Waals surface area contributed by atoms with Crippen LogP contribution in [0.4, 0.5) is 0 Å². The Morgan fingerprint density at radius 1 is 0.722 bits per heavy atom. The highest BCUT2D eigenvalue weighted by atomic mass is 79.9. The van der Waals surface area contributed by atoms with Gasteiger partial charge in [0, 0.05) is 14.1 Å². The highest BCUT2D eigenvalue weighted by Crippen LogP contribution is 2.47. The molecule has 0 aromatic carbocycles. The lowest BCUT2D eigenvalue weighted by atomic mass is 10.3. The standard InChI is InChI=1S/C10H6Br3Cl3N2/c1-17-7(3(11)4(12)9(17)15)8-5(13)6(14)10(16)18(8)2/h1-2H3. The van der Waals surface area contributed by atoms with Gasteiger partial charge in [0.2, 0.25) is 0 Å². The molecule has 8 heteroatoms. The van der Waals surface area contributed by atoms with Crippen LogP contribution in [-0.2, 0) is 14.1 Å². The quantitative estimate of drug-likeness (QED) is 0.437. The van der Waals surface area contributed by atoms with Gasteiger partial charge in [0.25, 0.3) is 0 Å². The van der Waals surface area contributed by atoms with Crippen LogP contribution in [-0.4, -0.2) is 9.13 Å². The van der Waals surface area contributed by atoms with Crippen molar-refractivity contribution in [2.75, 3.05) is 0 Å². The normalized spacial score (nSPS) is 11.3. The Morgan fingerprint density at radius 2 is 1.17 bits per heavy atom. The molecule has 2 aromatic rings. The summed E-state index contributed by atoms with van der Waals surface area (Å²) in [4.78, 5) is 0. The van der Waals surface area contributed by atoms with E-state index in [9.17, 15) is 0 Å². The summed E-state index contributed by atoms with van der Waals surface area (Å²) >= 11 is 28.9. The lowest BCUT2D eigenvalue weighted by Gasteiger charge is -2.08. The maximum absolute atomic E-state index is 6.20. The third-order valence-electron chi connectivity index (χ3n) is 2.65. The maximum atomic E-state index is 6.20. The summed E-state index contributed by atoms with van der Waals surface area (Å²) in [6, 6.07) is 0. The van der Waals surface area contributed by atoms with Gasteiger partial charge in [-0.2, -0.15) is 0 Å². The lowest BCUT2D eigenvalue weighted by Crippen LogP contribution is -1.98. The second kappa shape index (κ2) is 5.34. The smallest absolute Gasteiger partial charge is 0.129 e. The Kier molecular flexibility index (Phi) is 4.53. The van der Waals surface area contributed by atoms with E-state index in [2.05, 4.69) is 47.8 Å². The molecule has 0 aliphatic heterocycles. The van der Waals surface area contributed by atoms with Crippen LogP contribution >= 0.6 is 82.6 Å². The van der Waals surface area contributed by atoms with Crippen molar-refractivity contribution in [3.63, 3.8) is 0 Å². The fourth-order valence-electron chi connectivity index (χ4n) is 1.70. The molecule has 0 saturated heterocycles. The molecule has 98 valence electrons. The van der Waals surface area contributed by atoms with E-state index in [1.807, 2.05) is 18.7 Å². The van der Waals surface area contributed by atoms with Crippen LogP contribution in [0.3, 0.4) is 0 Å². The second-order valence-corrected chi connectivity index (χ2v) is 7.13. The Bertz CT molecular complexity index is 539. The first-order valence-corrected chi connectivity index (χ1v) is 8.19. The summed E-state index contributed by atoms with van der Waals surface area (Å²) < 4.78 is 6.04. The molecule has 0 saturated carbocycles. The van der Waals surface area contributed by atoms with Crippen LogP contribution in [0.5, 0.6) is 0 Å². The first-order chi connectivity index (χ1) is 8.29. The van der Waals surface area contributed by atoms with Crippen molar-refractivity contribution in [2.45, 2.75) is 0 Å². The Morgan fingerprint density at radius 3 is 1.50 bits per heavy atom. The number of nitrogens with zero attached hydrogens (tertiary/aromatic N) is 2. The number of rotatable bonds is 1. The molecule has 0 unspecified atom stereocenters. The van der Waals surface area contributed by atoms with Gasteiger partial charge in [0.05, 0.1) is 29.8 Å². The topological polar surface area (TPSA) is 9.86 Å². The molecule has 0 aliphatic rings. The largest absolute Gasteiger partial charge is 0.332 e. The first-order valence-electron chi connectivity index (χ1n) is 4.67. The molecule has 2 rings (SSSR count). The van der Waals surface area contributed by atoms with Crippen molar-refractivity contribution in [2.24, 2.45) is 14.1 Å². The second-order valence-electron chi connectivity index (χ2n) is 3.65. The summed E-state index contributed by atoms with van der Waals surface area (Å²) in [5.74, 6) is 0. The van der Waals surface area contributed by atoms with Crippen LogP contribution in [0, 0.1) is 0 Å². The summed E-state index contributed by atoms with van der Waals surface area (Å²) in [6.45, 7) is 0. The fourth-order valence-corrected chi connectivity index (χ4v) is 4.24. The van der Waals surface area contributed by atoms with Gasteiger partial charge in [-0.25, -0.2) is 0 Å². The first kappa shape index (κ1) is 15.3. The van der Waals surface area contributed by atoms with Gasteiger partial charge in [-0.3, -0.25) is 0 Å². The van der Waals surface area contributed by atoms with Crippen LogP contribution < -0.4 is 0 Å².